The van der Waals surface area contributed by atoms with E-state index in [4.69, 9.17) is 0 Å². The van der Waals surface area contributed by atoms with Crippen LogP contribution in [-0.2, 0) is 0 Å². The van der Waals surface area contributed by atoms with Crippen molar-refractivity contribution in [2.24, 2.45) is 0 Å². The van der Waals surface area contributed by atoms with Crippen molar-refractivity contribution in [3.8, 4) is 0 Å². The Balaban J connectivity index is 2.57. The summed E-state index contributed by atoms with van der Waals surface area (Å²) < 4.78 is 0. The van der Waals surface area contributed by atoms with Crippen molar-refractivity contribution in [2.45, 2.75) is 83.2 Å². The molecule has 0 aromatic carbocycles. The van der Waals surface area contributed by atoms with E-state index in [9.17, 15) is 0 Å². The van der Waals surface area contributed by atoms with Gasteiger partial charge in [-0.3, -0.25) is 0 Å². The Hall–Kier alpha value is -0.0800. The first kappa shape index (κ1) is 16.0. The minimum Gasteiger partial charge on any atom is -0.312 e. The molecule has 0 radical (unpaired) electrons. The normalized spacial score (nSPS) is 20.5. The van der Waals surface area contributed by atoms with E-state index in [0.29, 0.717) is 11.6 Å². The van der Waals surface area contributed by atoms with Crippen LogP contribution in [0, 0.1) is 0 Å². The Labute approximate surface area is 115 Å². The Kier molecular flexibility index (Phi) is 7.25. The van der Waals surface area contributed by atoms with Crippen molar-refractivity contribution in [1.29, 1.82) is 0 Å². The molecule has 0 aliphatic heterocycles. The van der Waals surface area contributed by atoms with Gasteiger partial charge in [-0.2, -0.15) is 0 Å². The lowest BCUT2D eigenvalue weighted by molar-refractivity contribution is 0.0992. The number of likely N-dealkylation sites (N-methyl/N-ethyl adjacent to an activating group) is 2. The van der Waals surface area contributed by atoms with Gasteiger partial charge in [-0.25, -0.2) is 0 Å². The first-order chi connectivity index (χ1) is 8.67. The van der Waals surface area contributed by atoms with Gasteiger partial charge in [0, 0.05) is 11.6 Å². The number of unbranched alkanes of at least 4 members (excludes halogenated alkanes) is 3. The Morgan fingerprint density at radius 1 is 1.06 bits per heavy atom. The Bertz CT molecular complexity index is 207. The molecule has 1 N–H and O–H groups in total. The third kappa shape index (κ3) is 3.96. The van der Waals surface area contributed by atoms with Gasteiger partial charge in [0.2, 0.25) is 0 Å². The highest BCUT2D eigenvalue weighted by Crippen LogP contribution is 2.38. The number of nitrogens with one attached hydrogen (secondary N) is 1. The lowest BCUT2D eigenvalue weighted by atomic mass is 9.83. The maximum atomic E-state index is 3.78. The van der Waals surface area contributed by atoms with Gasteiger partial charge in [0.25, 0.3) is 0 Å². The van der Waals surface area contributed by atoms with Crippen LogP contribution in [0.1, 0.15) is 71.6 Å². The summed E-state index contributed by atoms with van der Waals surface area (Å²) in [5.74, 6) is 0. The predicted molar refractivity (Wildman–Crippen MR) is 81.1 cm³/mol. The molecule has 0 bridgehead atoms. The molecule has 1 unspecified atom stereocenters. The molecule has 1 saturated carbocycles. The average Bonchev–Trinajstić information content (AvgIpc) is 2.83. The zero-order valence-electron chi connectivity index (χ0n) is 13.1. The quantitative estimate of drug-likeness (QED) is 0.629. The summed E-state index contributed by atoms with van der Waals surface area (Å²) in [4.78, 5) is 2.51. The minimum atomic E-state index is 0.433. The van der Waals surface area contributed by atoms with Crippen molar-refractivity contribution in [1.82, 2.24) is 10.2 Å². The Morgan fingerprint density at radius 3 is 2.22 bits per heavy atom. The molecule has 1 aliphatic carbocycles. The lowest BCUT2D eigenvalue weighted by Gasteiger charge is -2.44. The predicted octanol–water partition coefficient (Wildman–Crippen LogP) is 3.81. The third-order valence-corrected chi connectivity index (χ3v) is 4.81. The maximum Gasteiger partial charge on any atom is 0.0356 e. The van der Waals surface area contributed by atoms with Crippen LogP contribution in [0.25, 0.3) is 0 Å². The number of nitrogens with zero attached hydrogens (tertiary/aromatic N) is 1. The molecule has 1 rings (SSSR count). The standard InChI is InChI=1S/C16H34N2/c1-5-7-8-9-12-15(17-6-2)16(18(3)4)13-10-11-14-16/h15,17H,5-14H2,1-4H3. The van der Waals surface area contributed by atoms with Crippen LogP contribution in [0.3, 0.4) is 0 Å². The van der Waals surface area contributed by atoms with E-state index in [1.54, 1.807) is 0 Å². The van der Waals surface area contributed by atoms with Crippen LogP contribution in [0.5, 0.6) is 0 Å². The molecule has 0 heterocycles. The molecule has 18 heavy (non-hydrogen) atoms. The van der Waals surface area contributed by atoms with Crippen molar-refractivity contribution in [3.63, 3.8) is 0 Å². The highest BCUT2D eigenvalue weighted by atomic mass is 15.2. The van der Waals surface area contributed by atoms with Crippen molar-refractivity contribution >= 4 is 0 Å². The Morgan fingerprint density at radius 2 is 1.72 bits per heavy atom. The second kappa shape index (κ2) is 8.16. The van der Waals surface area contributed by atoms with Crippen LogP contribution < -0.4 is 5.32 Å². The van der Waals surface area contributed by atoms with Gasteiger partial charge in [-0.05, 0) is 39.9 Å². The largest absolute Gasteiger partial charge is 0.312 e. The summed E-state index contributed by atoms with van der Waals surface area (Å²) in [6.07, 6.45) is 12.5. The van der Waals surface area contributed by atoms with Crippen LogP contribution in [-0.4, -0.2) is 37.1 Å². The van der Waals surface area contributed by atoms with Crippen LogP contribution in [0.4, 0.5) is 0 Å². The summed E-state index contributed by atoms with van der Waals surface area (Å²) in [5.41, 5.74) is 0.433. The molecule has 0 amide bonds. The molecule has 0 spiro atoms. The summed E-state index contributed by atoms with van der Waals surface area (Å²) in [6.45, 7) is 5.64. The highest BCUT2D eigenvalue weighted by molar-refractivity contribution is 5.01. The van der Waals surface area contributed by atoms with Gasteiger partial charge in [0.1, 0.15) is 0 Å². The first-order valence-corrected chi connectivity index (χ1v) is 8.08. The van der Waals surface area contributed by atoms with Crippen molar-refractivity contribution in [2.75, 3.05) is 20.6 Å². The number of rotatable bonds is 9. The summed E-state index contributed by atoms with van der Waals surface area (Å²) in [6, 6.07) is 0.692. The highest BCUT2D eigenvalue weighted by Gasteiger charge is 2.42. The van der Waals surface area contributed by atoms with Gasteiger partial charge in [0.15, 0.2) is 0 Å². The average molecular weight is 254 g/mol. The van der Waals surface area contributed by atoms with Gasteiger partial charge in [-0.1, -0.05) is 52.4 Å². The van der Waals surface area contributed by atoms with Gasteiger partial charge in [0.05, 0.1) is 0 Å². The fourth-order valence-corrected chi connectivity index (χ4v) is 3.68. The van der Waals surface area contributed by atoms with Crippen LogP contribution >= 0.6 is 0 Å². The molecular formula is C16H34N2. The minimum absolute atomic E-state index is 0.433. The van der Waals surface area contributed by atoms with E-state index < -0.39 is 0 Å². The molecule has 108 valence electrons. The summed E-state index contributed by atoms with van der Waals surface area (Å²) >= 11 is 0. The molecule has 0 aromatic heterocycles. The molecule has 1 aliphatic rings. The van der Waals surface area contributed by atoms with Crippen molar-refractivity contribution in [3.05, 3.63) is 0 Å². The van der Waals surface area contributed by atoms with E-state index >= 15 is 0 Å². The van der Waals surface area contributed by atoms with Gasteiger partial charge in [-0.15, -0.1) is 0 Å². The molecular weight excluding hydrogens is 220 g/mol. The molecule has 1 fully saturated rings. The lowest BCUT2D eigenvalue weighted by Crippen LogP contribution is -2.57. The topological polar surface area (TPSA) is 15.3 Å². The molecule has 1 atom stereocenters. The van der Waals surface area contributed by atoms with Gasteiger partial charge < -0.3 is 10.2 Å². The fraction of sp³-hybridized carbons (Fsp3) is 1.00. The second-order valence-electron chi connectivity index (χ2n) is 6.16. The van der Waals surface area contributed by atoms with E-state index in [-0.39, 0.29) is 0 Å². The molecule has 0 saturated heterocycles. The second-order valence-corrected chi connectivity index (χ2v) is 6.16. The first-order valence-electron chi connectivity index (χ1n) is 8.08. The van der Waals surface area contributed by atoms with Crippen LogP contribution in [0.15, 0.2) is 0 Å². The monoisotopic (exact) mass is 254 g/mol. The maximum absolute atomic E-state index is 3.78. The van der Waals surface area contributed by atoms with Crippen LogP contribution in [0.2, 0.25) is 0 Å². The number of hydrogen-bond acceptors (Lipinski definition) is 2. The molecule has 2 heteroatoms. The summed E-state index contributed by atoms with van der Waals surface area (Å²) in [5, 5.41) is 3.78. The zero-order valence-corrected chi connectivity index (χ0v) is 13.1. The fourth-order valence-electron chi connectivity index (χ4n) is 3.68. The smallest absolute Gasteiger partial charge is 0.0356 e. The van der Waals surface area contributed by atoms with E-state index in [0.717, 1.165) is 6.54 Å². The SMILES string of the molecule is CCCCCCC(NCC)C1(N(C)C)CCCC1. The third-order valence-electron chi connectivity index (χ3n) is 4.81. The van der Waals surface area contributed by atoms with E-state index in [1.165, 1.54) is 57.8 Å². The van der Waals surface area contributed by atoms with Gasteiger partial charge >= 0.3 is 0 Å². The number of hydrogen-bond donors (Lipinski definition) is 1. The molecule has 2 nitrogen and oxygen atoms in total. The summed E-state index contributed by atoms with van der Waals surface area (Å²) in [7, 11) is 4.56. The molecule has 0 aromatic rings. The van der Waals surface area contributed by atoms with Crippen molar-refractivity contribution < 1.29 is 0 Å². The van der Waals surface area contributed by atoms with E-state index in [2.05, 4.69) is 38.2 Å². The van der Waals surface area contributed by atoms with E-state index in [1.807, 2.05) is 0 Å². The zero-order chi connectivity index (χ0) is 13.4.